The van der Waals surface area contributed by atoms with E-state index in [2.05, 4.69) is 10.3 Å². The number of aromatic amines is 1. The largest absolute Gasteiger partial charge is 0.486 e. The summed E-state index contributed by atoms with van der Waals surface area (Å²) in [6.45, 7) is 2.97. The van der Waals surface area contributed by atoms with E-state index in [-0.39, 0.29) is 5.91 Å². The summed E-state index contributed by atoms with van der Waals surface area (Å²) >= 11 is 6.23. The lowest BCUT2D eigenvalue weighted by atomic mass is 10.2. The first kappa shape index (κ1) is 14.9. The molecule has 2 aromatic carbocycles. The van der Waals surface area contributed by atoms with Crippen LogP contribution in [0, 0.1) is 6.92 Å². The Morgan fingerprint density at radius 1 is 1.12 bits per heavy atom. The topological polar surface area (TPSA) is 63.4 Å². The number of anilines is 1. The highest BCUT2D eigenvalue weighted by atomic mass is 35.5. The number of carbonyl (C=O) groups excluding carboxylic acids is 1. The zero-order valence-electron chi connectivity index (χ0n) is 13.0. The molecule has 0 saturated carbocycles. The molecule has 0 spiro atoms. The van der Waals surface area contributed by atoms with Crippen molar-refractivity contribution in [2.75, 3.05) is 18.5 Å². The lowest BCUT2D eigenvalue weighted by molar-refractivity contribution is 0.102. The molecular weight excluding hydrogens is 328 g/mol. The minimum Gasteiger partial charge on any atom is -0.486 e. The first-order valence-corrected chi connectivity index (χ1v) is 7.98. The number of halogens is 1. The molecule has 1 aliphatic rings. The van der Waals surface area contributed by atoms with Crippen LogP contribution < -0.4 is 14.8 Å². The Hall–Kier alpha value is -2.66. The van der Waals surface area contributed by atoms with E-state index in [0.29, 0.717) is 41.1 Å². The molecule has 1 aliphatic heterocycles. The molecule has 122 valence electrons. The van der Waals surface area contributed by atoms with Crippen molar-refractivity contribution in [3.63, 3.8) is 0 Å². The molecule has 4 rings (SSSR count). The van der Waals surface area contributed by atoms with E-state index in [0.717, 1.165) is 16.5 Å². The molecule has 2 N–H and O–H groups in total. The number of benzene rings is 2. The van der Waals surface area contributed by atoms with E-state index in [4.69, 9.17) is 21.1 Å². The molecule has 0 bridgehead atoms. The van der Waals surface area contributed by atoms with Crippen LogP contribution in [0.2, 0.25) is 5.02 Å². The van der Waals surface area contributed by atoms with Gasteiger partial charge >= 0.3 is 0 Å². The zero-order chi connectivity index (χ0) is 16.7. The number of rotatable bonds is 2. The second kappa shape index (κ2) is 5.76. The Morgan fingerprint density at radius 2 is 1.88 bits per heavy atom. The van der Waals surface area contributed by atoms with Crippen molar-refractivity contribution < 1.29 is 14.3 Å². The number of carbonyl (C=O) groups is 1. The summed E-state index contributed by atoms with van der Waals surface area (Å²) in [6, 6.07) is 11.1. The minimum atomic E-state index is -0.262. The van der Waals surface area contributed by atoms with Gasteiger partial charge in [0.1, 0.15) is 18.9 Å². The van der Waals surface area contributed by atoms with Crippen LogP contribution in [-0.2, 0) is 0 Å². The number of aromatic nitrogens is 1. The van der Waals surface area contributed by atoms with Crippen LogP contribution >= 0.6 is 11.6 Å². The summed E-state index contributed by atoms with van der Waals surface area (Å²) < 4.78 is 11.0. The normalized spacial score (nSPS) is 13.1. The van der Waals surface area contributed by atoms with Gasteiger partial charge in [0.15, 0.2) is 11.5 Å². The van der Waals surface area contributed by atoms with Gasteiger partial charge in [-0.3, -0.25) is 4.79 Å². The van der Waals surface area contributed by atoms with Gasteiger partial charge in [0.05, 0.1) is 10.7 Å². The lowest BCUT2D eigenvalue weighted by Crippen LogP contribution is -2.17. The van der Waals surface area contributed by atoms with E-state index in [1.807, 2.05) is 31.2 Å². The molecule has 2 heterocycles. The van der Waals surface area contributed by atoms with Gasteiger partial charge in [-0.25, -0.2) is 0 Å². The Kier molecular flexibility index (Phi) is 3.58. The standard InChI is InChI=1S/C18H15ClN2O3/c1-10-2-3-11-7-15(20-13(11)6-10)18(22)21-14-9-17-16(8-12(14)19)23-4-5-24-17/h2-3,6-9,20H,4-5H2,1H3,(H,21,22). The fraction of sp³-hybridized carbons (Fsp3) is 0.167. The van der Waals surface area contributed by atoms with Crippen molar-refractivity contribution in [3.05, 3.63) is 52.7 Å². The summed E-state index contributed by atoms with van der Waals surface area (Å²) in [4.78, 5) is 15.6. The summed E-state index contributed by atoms with van der Waals surface area (Å²) in [7, 11) is 0. The quantitative estimate of drug-likeness (QED) is 0.735. The molecule has 0 aliphatic carbocycles. The minimum absolute atomic E-state index is 0.262. The van der Waals surface area contributed by atoms with E-state index in [1.54, 1.807) is 12.1 Å². The maximum Gasteiger partial charge on any atom is 0.272 e. The van der Waals surface area contributed by atoms with Crippen molar-refractivity contribution in [1.82, 2.24) is 4.98 Å². The van der Waals surface area contributed by atoms with Gasteiger partial charge < -0.3 is 19.8 Å². The maximum atomic E-state index is 12.5. The second-order valence-electron chi connectivity index (χ2n) is 5.70. The number of amides is 1. The van der Waals surface area contributed by atoms with Crippen molar-refractivity contribution in [2.24, 2.45) is 0 Å². The van der Waals surface area contributed by atoms with E-state index in [1.165, 1.54) is 0 Å². The zero-order valence-corrected chi connectivity index (χ0v) is 13.7. The van der Waals surface area contributed by atoms with Crippen LogP contribution in [0.25, 0.3) is 10.9 Å². The third-order valence-electron chi connectivity index (χ3n) is 3.90. The third-order valence-corrected chi connectivity index (χ3v) is 4.22. The molecule has 0 unspecified atom stereocenters. The van der Waals surface area contributed by atoms with Gasteiger partial charge in [-0.15, -0.1) is 0 Å². The fourth-order valence-corrected chi connectivity index (χ4v) is 2.91. The van der Waals surface area contributed by atoms with Crippen LogP contribution in [0.5, 0.6) is 11.5 Å². The number of H-pyrrole nitrogens is 1. The average molecular weight is 343 g/mol. The van der Waals surface area contributed by atoms with Crippen LogP contribution in [0.4, 0.5) is 5.69 Å². The molecule has 0 saturated heterocycles. The summed E-state index contributed by atoms with van der Waals surface area (Å²) in [5.74, 6) is 0.904. The van der Waals surface area contributed by atoms with Crippen molar-refractivity contribution in [2.45, 2.75) is 6.92 Å². The SMILES string of the molecule is Cc1ccc2cc(C(=O)Nc3cc4c(cc3Cl)OCCO4)[nH]c2c1. The van der Waals surface area contributed by atoms with Crippen molar-refractivity contribution >= 4 is 34.1 Å². The van der Waals surface area contributed by atoms with Crippen molar-refractivity contribution in [1.29, 1.82) is 0 Å². The monoisotopic (exact) mass is 342 g/mol. The molecule has 24 heavy (non-hydrogen) atoms. The van der Waals surface area contributed by atoms with Gasteiger partial charge in [0.2, 0.25) is 0 Å². The highest BCUT2D eigenvalue weighted by molar-refractivity contribution is 6.34. The Bertz CT molecular complexity index is 949. The molecule has 3 aromatic rings. The lowest BCUT2D eigenvalue weighted by Gasteiger charge is -2.19. The maximum absolute atomic E-state index is 12.5. The molecule has 0 atom stereocenters. The Morgan fingerprint density at radius 3 is 2.67 bits per heavy atom. The van der Waals surface area contributed by atoms with Crippen LogP contribution in [0.3, 0.4) is 0 Å². The van der Waals surface area contributed by atoms with Crippen molar-refractivity contribution in [3.8, 4) is 11.5 Å². The van der Waals surface area contributed by atoms with Gasteiger partial charge in [-0.05, 0) is 24.6 Å². The number of hydrogen-bond donors (Lipinski definition) is 2. The smallest absolute Gasteiger partial charge is 0.272 e. The fourth-order valence-electron chi connectivity index (χ4n) is 2.71. The first-order valence-electron chi connectivity index (χ1n) is 7.60. The summed E-state index contributed by atoms with van der Waals surface area (Å²) in [5, 5.41) is 4.20. The first-order chi connectivity index (χ1) is 11.6. The molecule has 0 fully saturated rings. The summed E-state index contributed by atoms with van der Waals surface area (Å²) in [6.07, 6.45) is 0. The van der Waals surface area contributed by atoms with E-state index >= 15 is 0 Å². The average Bonchev–Trinajstić information content (AvgIpc) is 2.98. The highest BCUT2D eigenvalue weighted by Crippen LogP contribution is 2.38. The molecule has 5 nitrogen and oxygen atoms in total. The van der Waals surface area contributed by atoms with E-state index in [9.17, 15) is 4.79 Å². The molecule has 1 amide bonds. The second-order valence-corrected chi connectivity index (χ2v) is 6.11. The van der Waals surface area contributed by atoms with Gasteiger partial charge in [-0.2, -0.15) is 0 Å². The molecule has 1 aromatic heterocycles. The van der Waals surface area contributed by atoms with Gasteiger partial charge in [-0.1, -0.05) is 23.7 Å². The van der Waals surface area contributed by atoms with Crippen LogP contribution in [0.15, 0.2) is 36.4 Å². The highest BCUT2D eigenvalue weighted by Gasteiger charge is 2.17. The number of aryl methyl sites for hydroxylation is 1. The molecule has 0 radical (unpaired) electrons. The molecule has 6 heteroatoms. The van der Waals surface area contributed by atoms with Crippen LogP contribution in [-0.4, -0.2) is 24.1 Å². The summed E-state index contributed by atoms with van der Waals surface area (Å²) in [5.41, 5.74) is 3.02. The van der Waals surface area contributed by atoms with Gasteiger partial charge in [0, 0.05) is 23.0 Å². The number of nitrogens with one attached hydrogen (secondary N) is 2. The predicted octanol–water partition coefficient (Wildman–Crippen LogP) is 4.15. The Balaban J connectivity index is 1.63. The number of hydrogen-bond acceptors (Lipinski definition) is 3. The third kappa shape index (κ3) is 2.67. The van der Waals surface area contributed by atoms with Gasteiger partial charge in [0.25, 0.3) is 5.91 Å². The number of fused-ring (bicyclic) bond motifs is 2. The predicted molar refractivity (Wildman–Crippen MR) is 93.4 cm³/mol. The molecular formula is C18H15ClN2O3. The number of ether oxygens (including phenoxy) is 2. The van der Waals surface area contributed by atoms with Crippen LogP contribution in [0.1, 0.15) is 16.1 Å². The van der Waals surface area contributed by atoms with E-state index < -0.39 is 0 Å². The Labute approximate surface area is 143 Å².